The normalized spacial score (nSPS) is 20.5. The van der Waals surface area contributed by atoms with Crippen LogP contribution in [0.1, 0.15) is 30.9 Å². The fraction of sp³-hybridized carbons (Fsp3) is 0.538. The van der Waals surface area contributed by atoms with Gasteiger partial charge in [0.15, 0.2) is 0 Å². The predicted octanol–water partition coefficient (Wildman–Crippen LogP) is 1.49. The van der Waals surface area contributed by atoms with Crippen molar-refractivity contribution in [3.05, 3.63) is 23.8 Å². The van der Waals surface area contributed by atoms with Crippen LogP contribution in [0.2, 0.25) is 0 Å². The van der Waals surface area contributed by atoms with Crippen molar-refractivity contribution in [3.8, 4) is 11.5 Å². The Balaban J connectivity index is 2.24. The van der Waals surface area contributed by atoms with Crippen LogP contribution >= 0.6 is 0 Å². The van der Waals surface area contributed by atoms with Gasteiger partial charge >= 0.3 is 0 Å². The van der Waals surface area contributed by atoms with Gasteiger partial charge in [0.2, 0.25) is 0 Å². The molecule has 88 valence electrons. The zero-order chi connectivity index (χ0) is 11.4. The lowest BCUT2D eigenvalue weighted by Gasteiger charge is -2.21. The van der Waals surface area contributed by atoms with Crippen LogP contribution in [0.15, 0.2) is 18.2 Å². The molecule has 1 aromatic carbocycles. The molecule has 1 aliphatic rings. The standard InChI is InChI=1S/C13H19NO2/c1-15-11-7-10(8-12(9-11)16-2)13-5-3-4-6-14-13/h7-9,13-14H,3-6H2,1-2H3/p+1/t13-/m1/s1. The first-order chi connectivity index (χ1) is 7.83. The molecule has 1 aromatic rings. The summed E-state index contributed by atoms with van der Waals surface area (Å²) >= 11 is 0. The van der Waals surface area contributed by atoms with Crippen LogP contribution in [0.5, 0.6) is 11.5 Å². The first kappa shape index (κ1) is 11.3. The van der Waals surface area contributed by atoms with Gasteiger partial charge in [-0.15, -0.1) is 0 Å². The number of ether oxygens (including phenoxy) is 2. The molecule has 0 aliphatic carbocycles. The molecule has 0 bridgehead atoms. The molecular weight excluding hydrogens is 202 g/mol. The van der Waals surface area contributed by atoms with Crippen molar-refractivity contribution in [2.75, 3.05) is 20.8 Å². The summed E-state index contributed by atoms with van der Waals surface area (Å²) in [5.74, 6) is 1.77. The summed E-state index contributed by atoms with van der Waals surface area (Å²) in [5.41, 5.74) is 1.32. The Labute approximate surface area is 96.8 Å². The average Bonchev–Trinajstić information content (AvgIpc) is 2.39. The zero-order valence-electron chi connectivity index (χ0n) is 10.0. The molecule has 1 aliphatic heterocycles. The molecule has 1 heterocycles. The predicted molar refractivity (Wildman–Crippen MR) is 62.9 cm³/mol. The summed E-state index contributed by atoms with van der Waals surface area (Å²) in [4.78, 5) is 0. The van der Waals surface area contributed by atoms with E-state index in [1.807, 2.05) is 6.07 Å². The van der Waals surface area contributed by atoms with E-state index >= 15 is 0 Å². The van der Waals surface area contributed by atoms with Crippen LogP contribution in [0, 0.1) is 0 Å². The number of hydrogen-bond acceptors (Lipinski definition) is 2. The maximum absolute atomic E-state index is 5.29. The van der Waals surface area contributed by atoms with Gasteiger partial charge in [-0.05, 0) is 25.0 Å². The molecule has 0 saturated carbocycles. The third-order valence-electron chi connectivity index (χ3n) is 3.22. The van der Waals surface area contributed by atoms with Crippen LogP contribution in [-0.2, 0) is 0 Å². The van der Waals surface area contributed by atoms with E-state index in [2.05, 4.69) is 17.4 Å². The molecule has 16 heavy (non-hydrogen) atoms. The molecular formula is C13H20NO2+. The van der Waals surface area contributed by atoms with Crippen molar-refractivity contribution in [1.29, 1.82) is 0 Å². The topological polar surface area (TPSA) is 35.1 Å². The average molecular weight is 222 g/mol. The van der Waals surface area contributed by atoms with Crippen LogP contribution in [0.4, 0.5) is 0 Å². The van der Waals surface area contributed by atoms with E-state index in [1.165, 1.54) is 31.4 Å². The van der Waals surface area contributed by atoms with Gasteiger partial charge in [-0.1, -0.05) is 0 Å². The van der Waals surface area contributed by atoms with Gasteiger partial charge < -0.3 is 14.8 Å². The number of quaternary nitrogens is 1. The Morgan fingerprint density at radius 3 is 2.25 bits per heavy atom. The third-order valence-corrected chi connectivity index (χ3v) is 3.22. The van der Waals surface area contributed by atoms with Crippen molar-refractivity contribution in [2.45, 2.75) is 25.3 Å². The van der Waals surface area contributed by atoms with Crippen molar-refractivity contribution in [2.24, 2.45) is 0 Å². The van der Waals surface area contributed by atoms with E-state index in [1.54, 1.807) is 14.2 Å². The van der Waals surface area contributed by atoms with E-state index in [-0.39, 0.29) is 0 Å². The van der Waals surface area contributed by atoms with E-state index in [0.29, 0.717) is 6.04 Å². The molecule has 2 N–H and O–H groups in total. The lowest BCUT2D eigenvalue weighted by atomic mass is 9.97. The highest BCUT2D eigenvalue weighted by molar-refractivity contribution is 5.39. The van der Waals surface area contributed by atoms with E-state index < -0.39 is 0 Å². The van der Waals surface area contributed by atoms with E-state index in [0.717, 1.165) is 11.5 Å². The summed E-state index contributed by atoms with van der Waals surface area (Å²) in [6, 6.07) is 6.73. The molecule has 1 fully saturated rings. The van der Waals surface area contributed by atoms with Gasteiger partial charge in [-0.2, -0.15) is 0 Å². The van der Waals surface area contributed by atoms with Crippen LogP contribution in [-0.4, -0.2) is 20.8 Å². The molecule has 0 amide bonds. The molecule has 1 saturated heterocycles. The fourth-order valence-electron chi connectivity index (χ4n) is 2.29. The highest BCUT2D eigenvalue weighted by atomic mass is 16.5. The van der Waals surface area contributed by atoms with Gasteiger partial charge in [0.25, 0.3) is 0 Å². The highest BCUT2D eigenvalue weighted by Crippen LogP contribution is 2.27. The maximum atomic E-state index is 5.29. The monoisotopic (exact) mass is 222 g/mol. The van der Waals surface area contributed by atoms with Crippen molar-refractivity contribution in [3.63, 3.8) is 0 Å². The lowest BCUT2D eigenvalue weighted by molar-refractivity contribution is -0.704. The number of rotatable bonds is 3. The van der Waals surface area contributed by atoms with Crippen molar-refractivity contribution >= 4 is 0 Å². The molecule has 2 rings (SSSR count). The van der Waals surface area contributed by atoms with Crippen molar-refractivity contribution < 1.29 is 14.8 Å². The minimum absolute atomic E-state index is 0.567. The summed E-state index contributed by atoms with van der Waals surface area (Å²) in [6.07, 6.45) is 3.90. The third kappa shape index (κ3) is 2.47. The van der Waals surface area contributed by atoms with Crippen molar-refractivity contribution in [1.82, 2.24) is 0 Å². The highest BCUT2D eigenvalue weighted by Gasteiger charge is 2.19. The second kappa shape index (κ2) is 5.21. The first-order valence-electron chi connectivity index (χ1n) is 5.90. The molecule has 3 nitrogen and oxygen atoms in total. The molecule has 1 atom stereocenters. The summed E-state index contributed by atoms with van der Waals surface area (Å²) < 4.78 is 10.6. The zero-order valence-corrected chi connectivity index (χ0v) is 10.0. The van der Waals surface area contributed by atoms with E-state index in [4.69, 9.17) is 9.47 Å². The Hall–Kier alpha value is -1.22. The van der Waals surface area contributed by atoms with Crippen LogP contribution in [0.3, 0.4) is 0 Å². The molecule has 0 radical (unpaired) electrons. The SMILES string of the molecule is COc1cc(OC)cc([C@H]2CCCC[NH2+]2)c1. The second-order valence-electron chi connectivity index (χ2n) is 4.27. The number of methoxy groups -OCH3 is 2. The van der Waals surface area contributed by atoms with Gasteiger partial charge in [0.1, 0.15) is 17.5 Å². The number of nitrogens with two attached hydrogens (primary N) is 1. The van der Waals surface area contributed by atoms with Gasteiger partial charge in [-0.25, -0.2) is 0 Å². The second-order valence-corrected chi connectivity index (χ2v) is 4.27. The van der Waals surface area contributed by atoms with Gasteiger partial charge in [0, 0.05) is 18.1 Å². The first-order valence-corrected chi connectivity index (χ1v) is 5.90. The van der Waals surface area contributed by atoms with Gasteiger partial charge in [-0.3, -0.25) is 0 Å². The summed E-state index contributed by atoms with van der Waals surface area (Å²) in [7, 11) is 3.40. The number of benzene rings is 1. The quantitative estimate of drug-likeness (QED) is 0.841. The molecule has 0 spiro atoms. The molecule has 0 unspecified atom stereocenters. The Bertz CT molecular complexity index is 324. The smallest absolute Gasteiger partial charge is 0.123 e. The number of hydrogen-bond donors (Lipinski definition) is 1. The Kier molecular flexibility index (Phi) is 3.67. The summed E-state index contributed by atoms with van der Waals surface area (Å²) in [5, 5.41) is 2.41. The Morgan fingerprint density at radius 2 is 1.75 bits per heavy atom. The molecule has 0 aromatic heterocycles. The van der Waals surface area contributed by atoms with Crippen LogP contribution in [0.25, 0.3) is 0 Å². The minimum Gasteiger partial charge on any atom is -0.497 e. The molecule has 3 heteroatoms. The fourth-order valence-corrected chi connectivity index (χ4v) is 2.29. The number of piperidine rings is 1. The largest absolute Gasteiger partial charge is 0.497 e. The van der Waals surface area contributed by atoms with Crippen LogP contribution < -0.4 is 14.8 Å². The lowest BCUT2D eigenvalue weighted by Crippen LogP contribution is -2.86. The summed E-state index contributed by atoms with van der Waals surface area (Å²) in [6.45, 7) is 1.23. The Morgan fingerprint density at radius 1 is 1.06 bits per heavy atom. The minimum atomic E-state index is 0.567. The maximum Gasteiger partial charge on any atom is 0.123 e. The van der Waals surface area contributed by atoms with Gasteiger partial charge in [0.05, 0.1) is 20.8 Å². The van der Waals surface area contributed by atoms with E-state index in [9.17, 15) is 0 Å².